The predicted molar refractivity (Wildman–Crippen MR) is 93.3 cm³/mol. The van der Waals surface area contributed by atoms with Gasteiger partial charge in [0.05, 0.1) is 4.32 Å². The number of rotatable bonds is 5. The maximum Gasteiger partial charge on any atom is 0.435 e. The number of benzene rings is 1. The number of halogens is 9. The first-order valence-electron chi connectivity index (χ1n) is 8.45. The van der Waals surface area contributed by atoms with Crippen molar-refractivity contribution in [3.63, 3.8) is 0 Å². The van der Waals surface area contributed by atoms with Crippen LogP contribution in [0.4, 0.5) is 35.1 Å². The van der Waals surface area contributed by atoms with Crippen molar-refractivity contribution in [1.82, 2.24) is 0 Å². The largest absolute Gasteiger partial charge is 0.435 e. The monoisotopic (exact) mass is 476 g/mol. The molecule has 0 aliphatic heterocycles. The number of unbranched alkanes of at least 4 members (excludes halogenated alkanes) is 1. The number of allylic oxidation sites excluding steroid dienone is 4. The summed E-state index contributed by atoms with van der Waals surface area (Å²) in [5, 5.41) is 0. The van der Waals surface area contributed by atoms with Crippen LogP contribution in [0.15, 0.2) is 47.6 Å². The van der Waals surface area contributed by atoms with Gasteiger partial charge >= 0.3 is 18.0 Å². The van der Waals surface area contributed by atoms with Crippen molar-refractivity contribution in [2.45, 2.75) is 55.0 Å². The summed E-state index contributed by atoms with van der Waals surface area (Å²) in [6.07, 6.45) is -10.2. The molecular weight excluding hydrogens is 460 g/mol. The predicted octanol–water partition coefficient (Wildman–Crippen LogP) is 7.70. The highest BCUT2D eigenvalue weighted by atomic mass is 79.9. The first kappa shape index (κ1) is 22.9. The molecule has 0 N–H and O–H groups in total. The smallest absolute Gasteiger partial charge is 0.218 e. The van der Waals surface area contributed by atoms with E-state index in [0.29, 0.717) is 25.0 Å². The van der Waals surface area contributed by atoms with Crippen molar-refractivity contribution in [3.05, 3.63) is 58.9 Å². The van der Waals surface area contributed by atoms with E-state index in [1.807, 2.05) is 0 Å². The van der Waals surface area contributed by atoms with E-state index in [-0.39, 0.29) is 24.0 Å². The van der Waals surface area contributed by atoms with Crippen LogP contribution in [0.25, 0.3) is 0 Å². The van der Waals surface area contributed by atoms with Gasteiger partial charge in [0.2, 0.25) is 0 Å². The molecule has 0 radical (unpaired) electrons. The summed E-state index contributed by atoms with van der Waals surface area (Å²) in [5.41, 5.74) is -7.15. The van der Waals surface area contributed by atoms with Gasteiger partial charge in [-0.2, -0.15) is 26.3 Å². The SMILES string of the molecule is CCCCC1=CC(C(F)(C(F)(F)F)C(F)(F)F)=CC(Br)(c2ccccc2F)C1. The molecule has 0 heterocycles. The van der Waals surface area contributed by atoms with E-state index >= 15 is 0 Å². The Balaban J connectivity index is 2.72. The average Bonchev–Trinajstić information content (AvgIpc) is 2.57. The van der Waals surface area contributed by atoms with Gasteiger partial charge in [-0.3, -0.25) is 0 Å². The molecule has 0 nitrogen and oxygen atoms in total. The first-order valence-corrected chi connectivity index (χ1v) is 9.24. The van der Waals surface area contributed by atoms with Gasteiger partial charge in [-0.05, 0) is 25.3 Å². The Morgan fingerprint density at radius 3 is 2.07 bits per heavy atom. The number of hydrogen-bond donors (Lipinski definition) is 0. The zero-order valence-electron chi connectivity index (χ0n) is 14.7. The van der Waals surface area contributed by atoms with Crippen molar-refractivity contribution in [1.29, 1.82) is 0 Å². The molecule has 1 aromatic rings. The topological polar surface area (TPSA) is 0 Å². The van der Waals surface area contributed by atoms with Crippen LogP contribution in [-0.4, -0.2) is 18.0 Å². The molecule has 1 aliphatic carbocycles. The second kappa shape index (κ2) is 7.80. The third-order valence-electron chi connectivity index (χ3n) is 4.58. The van der Waals surface area contributed by atoms with Crippen LogP contribution >= 0.6 is 15.9 Å². The highest BCUT2D eigenvalue weighted by Crippen LogP contribution is 2.55. The lowest BCUT2D eigenvalue weighted by Crippen LogP contribution is -2.55. The molecule has 0 fully saturated rings. The Labute approximate surface area is 165 Å². The van der Waals surface area contributed by atoms with Crippen molar-refractivity contribution < 1.29 is 35.1 Å². The fourth-order valence-corrected chi connectivity index (χ4v) is 4.09. The Morgan fingerprint density at radius 2 is 1.57 bits per heavy atom. The van der Waals surface area contributed by atoms with Gasteiger partial charge < -0.3 is 0 Å². The molecule has 1 aromatic carbocycles. The average molecular weight is 477 g/mol. The van der Waals surface area contributed by atoms with E-state index in [1.54, 1.807) is 6.92 Å². The lowest BCUT2D eigenvalue weighted by molar-refractivity contribution is -0.325. The van der Waals surface area contributed by atoms with Gasteiger partial charge in [0.1, 0.15) is 5.82 Å². The van der Waals surface area contributed by atoms with Crippen molar-refractivity contribution in [2.75, 3.05) is 0 Å². The molecule has 1 unspecified atom stereocenters. The van der Waals surface area contributed by atoms with E-state index in [0.717, 1.165) is 6.07 Å². The highest BCUT2D eigenvalue weighted by molar-refractivity contribution is 9.09. The van der Waals surface area contributed by atoms with Gasteiger partial charge in [-0.25, -0.2) is 8.78 Å². The summed E-state index contributed by atoms with van der Waals surface area (Å²) in [6, 6.07) is 5.00. The fourth-order valence-electron chi connectivity index (χ4n) is 3.16. The molecule has 0 saturated heterocycles. The van der Waals surface area contributed by atoms with Crippen LogP contribution < -0.4 is 0 Å². The quantitative estimate of drug-likeness (QED) is 0.301. The summed E-state index contributed by atoms with van der Waals surface area (Å²) in [7, 11) is 0. The fraction of sp³-hybridized carbons (Fsp3) is 0.474. The zero-order valence-corrected chi connectivity index (χ0v) is 16.3. The van der Waals surface area contributed by atoms with Crippen LogP contribution in [-0.2, 0) is 4.32 Å². The second-order valence-electron chi connectivity index (χ2n) is 6.68. The molecular formula is C19H17BrF8. The van der Waals surface area contributed by atoms with Crippen LogP contribution in [0.2, 0.25) is 0 Å². The van der Waals surface area contributed by atoms with Gasteiger partial charge in [0.25, 0.3) is 0 Å². The molecule has 0 spiro atoms. The molecule has 0 bridgehead atoms. The minimum Gasteiger partial charge on any atom is -0.218 e. The van der Waals surface area contributed by atoms with Gasteiger partial charge in [-0.15, -0.1) is 0 Å². The van der Waals surface area contributed by atoms with Crippen molar-refractivity contribution in [3.8, 4) is 0 Å². The Kier molecular flexibility index (Phi) is 6.38. The molecule has 0 aromatic heterocycles. The third kappa shape index (κ3) is 4.14. The van der Waals surface area contributed by atoms with Gasteiger partial charge in [0.15, 0.2) is 0 Å². The maximum atomic E-state index is 14.7. The van der Waals surface area contributed by atoms with Crippen LogP contribution in [0, 0.1) is 5.82 Å². The van der Waals surface area contributed by atoms with E-state index in [1.165, 1.54) is 18.2 Å². The minimum atomic E-state index is -6.23. The molecule has 9 heteroatoms. The van der Waals surface area contributed by atoms with E-state index < -0.39 is 33.7 Å². The summed E-state index contributed by atoms with van der Waals surface area (Å²) in [5.74, 6) is -0.824. The highest BCUT2D eigenvalue weighted by Gasteiger charge is 2.74. The van der Waals surface area contributed by atoms with Crippen molar-refractivity contribution in [2.24, 2.45) is 0 Å². The van der Waals surface area contributed by atoms with Crippen molar-refractivity contribution >= 4 is 15.9 Å². The Hall–Kier alpha value is -1.38. The Bertz CT molecular complexity index is 761. The first-order chi connectivity index (χ1) is 12.8. The summed E-state index contributed by atoms with van der Waals surface area (Å²) in [4.78, 5) is 0. The molecule has 0 amide bonds. The number of hydrogen-bond acceptors (Lipinski definition) is 0. The molecule has 1 aliphatic rings. The standard InChI is InChI=1S/C19H17BrF8/c1-2-3-6-12-9-13(17(22,18(23,24)25)19(26,27)28)11-16(20,10-12)14-7-4-5-8-15(14)21/h4-5,7-9,11H,2-3,6,10H2,1H3. The molecule has 1 atom stereocenters. The van der Waals surface area contributed by atoms with Gasteiger partial charge in [0, 0.05) is 11.1 Å². The normalized spacial score (nSPS) is 21.4. The zero-order chi connectivity index (χ0) is 21.4. The van der Waals surface area contributed by atoms with E-state index in [2.05, 4.69) is 15.9 Å². The minimum absolute atomic E-state index is 0.0801. The maximum absolute atomic E-state index is 14.7. The third-order valence-corrected chi connectivity index (χ3v) is 5.52. The molecule has 28 heavy (non-hydrogen) atoms. The summed E-state index contributed by atoms with van der Waals surface area (Å²) < 4.78 is 107. The van der Waals surface area contributed by atoms with Crippen LogP contribution in [0.1, 0.15) is 38.2 Å². The summed E-state index contributed by atoms with van der Waals surface area (Å²) in [6.45, 7) is 1.79. The van der Waals surface area contributed by atoms with Crippen LogP contribution in [0.5, 0.6) is 0 Å². The number of alkyl halides is 8. The molecule has 0 saturated carbocycles. The second-order valence-corrected chi connectivity index (χ2v) is 8.09. The lowest BCUT2D eigenvalue weighted by atomic mass is 9.78. The van der Waals surface area contributed by atoms with E-state index in [4.69, 9.17) is 0 Å². The molecule has 2 rings (SSSR count). The van der Waals surface area contributed by atoms with E-state index in [9.17, 15) is 35.1 Å². The van der Waals surface area contributed by atoms with Gasteiger partial charge in [-0.1, -0.05) is 65.2 Å². The lowest BCUT2D eigenvalue weighted by Gasteiger charge is -2.37. The van der Waals surface area contributed by atoms with Crippen LogP contribution in [0.3, 0.4) is 0 Å². The summed E-state index contributed by atoms with van der Waals surface area (Å²) >= 11 is 3.10. The molecule has 156 valence electrons. The Morgan fingerprint density at radius 1 is 1.00 bits per heavy atom.